The molecule has 7 heteroatoms. The minimum atomic E-state index is 0.0108. The van der Waals surface area contributed by atoms with E-state index in [2.05, 4.69) is 31.7 Å². The van der Waals surface area contributed by atoms with Crippen LogP contribution in [0.3, 0.4) is 0 Å². The predicted molar refractivity (Wildman–Crippen MR) is 131 cm³/mol. The number of nitrogens with zero attached hydrogens (tertiary/aromatic N) is 3. The molecule has 0 radical (unpaired) electrons. The number of carbonyl (C=O) groups excluding carboxylic acids is 1. The lowest BCUT2D eigenvalue weighted by molar-refractivity contribution is -0.116. The minimum absolute atomic E-state index is 0.0108. The van der Waals surface area contributed by atoms with Crippen molar-refractivity contribution in [1.29, 1.82) is 0 Å². The third-order valence-electron chi connectivity index (χ3n) is 6.44. The summed E-state index contributed by atoms with van der Waals surface area (Å²) in [6.07, 6.45) is 8.18. The number of hydrogen-bond donors (Lipinski definition) is 1. The van der Waals surface area contributed by atoms with E-state index in [0.717, 1.165) is 65.3 Å². The zero-order valence-electron chi connectivity index (χ0n) is 18.0. The van der Waals surface area contributed by atoms with E-state index in [0.29, 0.717) is 5.92 Å². The van der Waals surface area contributed by atoms with Gasteiger partial charge in [-0.2, -0.15) is 0 Å². The summed E-state index contributed by atoms with van der Waals surface area (Å²) in [5, 5.41) is 5.03. The van der Waals surface area contributed by atoms with Crippen molar-refractivity contribution in [3.63, 3.8) is 0 Å². The molecule has 32 heavy (non-hydrogen) atoms. The average molecular weight is 467 g/mol. The molecule has 0 spiro atoms. The summed E-state index contributed by atoms with van der Waals surface area (Å²) in [5.74, 6) is 0.687. The van der Waals surface area contributed by atoms with Gasteiger partial charge in [0.05, 0.1) is 21.8 Å². The Bertz CT molecular complexity index is 1150. The Hall–Kier alpha value is -2.28. The lowest BCUT2D eigenvalue weighted by Crippen LogP contribution is -2.36. The Morgan fingerprint density at radius 3 is 2.84 bits per heavy atom. The minimum Gasteiger partial charge on any atom is -0.352 e. The first-order valence-electron chi connectivity index (χ1n) is 11.3. The highest BCUT2D eigenvalue weighted by Gasteiger charge is 2.22. The molecule has 1 saturated heterocycles. The number of pyridine rings is 1. The second-order valence-electron chi connectivity index (χ2n) is 8.52. The first-order valence-corrected chi connectivity index (χ1v) is 12.5. The number of carbonyl (C=O) groups is 1. The number of hydrogen-bond acceptors (Lipinski definition) is 4. The van der Waals surface area contributed by atoms with Gasteiger partial charge >= 0.3 is 0 Å². The van der Waals surface area contributed by atoms with Crippen LogP contribution in [0, 0.1) is 5.92 Å². The molecule has 5 nitrogen and oxygen atoms in total. The molecule has 2 aliphatic heterocycles. The normalized spacial score (nSPS) is 16.8. The summed E-state index contributed by atoms with van der Waals surface area (Å²) in [7, 11) is 0. The third-order valence-corrected chi connectivity index (χ3v) is 7.86. The summed E-state index contributed by atoms with van der Waals surface area (Å²) in [6, 6.07) is 14.1. The number of rotatable bonds is 7. The summed E-state index contributed by atoms with van der Waals surface area (Å²) >= 11 is 7.79. The molecule has 0 atom stereocenters. The topological polar surface area (TPSA) is 49.6 Å². The van der Waals surface area contributed by atoms with Crippen LogP contribution in [0.5, 0.6) is 0 Å². The van der Waals surface area contributed by atoms with Gasteiger partial charge in [0.1, 0.15) is 5.65 Å². The van der Waals surface area contributed by atoms with Gasteiger partial charge < -0.3 is 10.2 Å². The van der Waals surface area contributed by atoms with Gasteiger partial charge in [0.15, 0.2) is 0 Å². The molecule has 2 aliphatic rings. The average Bonchev–Trinajstić information content (AvgIpc) is 3.24. The fraction of sp³-hybridized carbons (Fsp3) is 0.360. The van der Waals surface area contributed by atoms with Crippen LogP contribution in [-0.2, 0) is 11.2 Å². The maximum Gasteiger partial charge on any atom is 0.258 e. The van der Waals surface area contributed by atoms with Crippen molar-refractivity contribution in [2.24, 2.45) is 5.92 Å². The number of aromatic nitrogens is 2. The number of halogens is 1. The number of benzene rings is 1. The van der Waals surface area contributed by atoms with Crippen molar-refractivity contribution in [2.45, 2.75) is 30.7 Å². The maximum absolute atomic E-state index is 12.7. The van der Waals surface area contributed by atoms with E-state index >= 15 is 0 Å². The third kappa shape index (κ3) is 4.72. The van der Waals surface area contributed by atoms with Crippen LogP contribution in [0.2, 0.25) is 5.02 Å². The second kappa shape index (κ2) is 9.69. The lowest BCUT2D eigenvalue weighted by Gasteiger charge is -2.32. The number of nitrogens with one attached hydrogen (secondary N) is 1. The van der Waals surface area contributed by atoms with E-state index < -0.39 is 0 Å². The van der Waals surface area contributed by atoms with Crippen molar-refractivity contribution in [2.75, 3.05) is 26.2 Å². The fourth-order valence-electron chi connectivity index (χ4n) is 4.55. The van der Waals surface area contributed by atoms with Gasteiger partial charge in [-0.3, -0.25) is 9.20 Å². The van der Waals surface area contributed by atoms with E-state index in [1.54, 1.807) is 0 Å². The van der Waals surface area contributed by atoms with Crippen molar-refractivity contribution in [1.82, 2.24) is 19.6 Å². The molecule has 0 aliphatic carbocycles. The highest BCUT2D eigenvalue weighted by Crippen LogP contribution is 2.34. The van der Waals surface area contributed by atoms with Gasteiger partial charge in [-0.1, -0.05) is 47.6 Å². The molecule has 0 saturated carbocycles. The summed E-state index contributed by atoms with van der Waals surface area (Å²) in [5.41, 5.74) is 3.11. The Balaban J connectivity index is 1.05. The Kier molecular flexibility index (Phi) is 6.53. The van der Waals surface area contributed by atoms with Crippen LogP contribution in [0.4, 0.5) is 0 Å². The van der Waals surface area contributed by atoms with Crippen molar-refractivity contribution in [3.05, 3.63) is 69.8 Å². The van der Waals surface area contributed by atoms with Gasteiger partial charge in [-0.25, -0.2) is 4.98 Å². The Morgan fingerprint density at radius 2 is 2.00 bits per heavy atom. The van der Waals surface area contributed by atoms with E-state index in [4.69, 9.17) is 11.6 Å². The molecule has 4 heterocycles. The molecule has 0 unspecified atom stereocenters. The molecule has 2 aromatic heterocycles. The number of likely N-dealkylation sites (tertiary alicyclic amines) is 1. The lowest BCUT2D eigenvalue weighted by atomic mass is 9.93. The predicted octanol–water partition coefficient (Wildman–Crippen LogP) is 4.90. The van der Waals surface area contributed by atoms with Gasteiger partial charge in [-0.05, 0) is 74.5 Å². The molecular weight excluding hydrogens is 440 g/mol. The molecule has 0 bridgehead atoms. The van der Waals surface area contributed by atoms with E-state index in [-0.39, 0.29) is 5.91 Å². The molecule has 166 valence electrons. The standard InChI is InChI=1S/C25H27ClN4OS/c26-21-5-2-1-4-19(21)11-15-29-13-9-18(10-14-29)8-12-27-25(31)22-16-20-17-28-23-6-3-7-24(32-22)30(20)23/h1-7,16-18H,8-15H2,(H,27,31). The second-order valence-corrected chi connectivity index (χ2v) is 9.99. The summed E-state index contributed by atoms with van der Waals surface area (Å²) in [4.78, 5) is 20.4. The van der Waals surface area contributed by atoms with Crippen molar-refractivity contribution < 1.29 is 4.79 Å². The van der Waals surface area contributed by atoms with Gasteiger partial charge in [-0.15, -0.1) is 0 Å². The molecule has 1 fully saturated rings. The number of piperidine rings is 1. The van der Waals surface area contributed by atoms with E-state index in [9.17, 15) is 4.79 Å². The van der Waals surface area contributed by atoms with Crippen molar-refractivity contribution >= 4 is 41.0 Å². The highest BCUT2D eigenvalue weighted by atomic mass is 35.5. The van der Waals surface area contributed by atoms with Crippen LogP contribution in [0.25, 0.3) is 11.7 Å². The first kappa shape index (κ1) is 21.6. The van der Waals surface area contributed by atoms with Crippen molar-refractivity contribution in [3.8, 4) is 0 Å². The summed E-state index contributed by atoms with van der Waals surface area (Å²) in [6.45, 7) is 4.03. The molecular formula is C25H27ClN4OS. The maximum atomic E-state index is 12.7. The number of imidazole rings is 1. The number of thioether (sulfide) groups is 1. The molecule has 1 aromatic carbocycles. The van der Waals surface area contributed by atoms with Gasteiger partial charge in [0, 0.05) is 18.1 Å². The van der Waals surface area contributed by atoms with E-state index in [1.165, 1.54) is 30.2 Å². The Morgan fingerprint density at radius 1 is 1.16 bits per heavy atom. The van der Waals surface area contributed by atoms with Crippen LogP contribution in [0.15, 0.2) is 58.6 Å². The zero-order chi connectivity index (χ0) is 21.9. The Labute approximate surface area is 197 Å². The quantitative estimate of drug-likeness (QED) is 0.538. The molecule has 1 N–H and O–H groups in total. The van der Waals surface area contributed by atoms with Crippen LogP contribution < -0.4 is 5.32 Å². The molecule has 3 aromatic rings. The fourth-order valence-corrected chi connectivity index (χ4v) is 5.79. The monoisotopic (exact) mass is 466 g/mol. The van der Waals surface area contributed by atoms with Crippen LogP contribution in [0.1, 0.15) is 30.5 Å². The first-order chi connectivity index (χ1) is 15.7. The van der Waals surface area contributed by atoms with Gasteiger partial charge in [0.2, 0.25) is 0 Å². The zero-order valence-corrected chi connectivity index (χ0v) is 19.5. The molecule has 5 rings (SSSR count). The largest absolute Gasteiger partial charge is 0.352 e. The summed E-state index contributed by atoms with van der Waals surface area (Å²) < 4.78 is 2.08. The van der Waals surface area contributed by atoms with Crippen LogP contribution >= 0.6 is 23.4 Å². The SMILES string of the molecule is O=C(NCCC1CCN(CCc2ccccc2Cl)CC1)C1=Cc2cnc3cccc(n23)S1. The number of amides is 1. The van der Waals surface area contributed by atoms with Gasteiger partial charge in [0.25, 0.3) is 5.91 Å². The van der Waals surface area contributed by atoms with E-state index in [1.807, 2.05) is 42.6 Å². The smallest absolute Gasteiger partial charge is 0.258 e. The van der Waals surface area contributed by atoms with Crippen LogP contribution in [-0.4, -0.2) is 46.4 Å². The highest BCUT2D eigenvalue weighted by molar-refractivity contribution is 8.04. The molecule has 1 amide bonds.